The summed E-state index contributed by atoms with van der Waals surface area (Å²) in [5.74, 6) is -6.91. The first-order chi connectivity index (χ1) is 39.5. The minimum absolute atomic E-state index is 0.00174. The minimum Gasteiger partial charge on any atom is -0.391 e. The van der Waals surface area contributed by atoms with Gasteiger partial charge in [0.2, 0.25) is 47.3 Å². The van der Waals surface area contributed by atoms with E-state index < -0.39 is 102 Å². The summed E-state index contributed by atoms with van der Waals surface area (Å²) in [5.41, 5.74) is 23.1. The van der Waals surface area contributed by atoms with Crippen LogP contribution in [0.5, 0.6) is 0 Å². The van der Waals surface area contributed by atoms with Gasteiger partial charge >= 0.3 is 0 Å². The third-order valence-electron chi connectivity index (χ3n) is 14.1. The number of benzene rings is 4. The third-order valence-corrected chi connectivity index (χ3v) is 14.9. The van der Waals surface area contributed by atoms with Gasteiger partial charge in [0.05, 0.1) is 12.1 Å². The highest BCUT2D eigenvalue weighted by Gasteiger charge is 2.36. The van der Waals surface area contributed by atoms with Crippen LogP contribution < -0.4 is 54.4 Å². The molecule has 0 fully saturated rings. The number of fused-ring (bicyclic) bond motifs is 3. The molecule has 0 unspecified atom stereocenters. The molecule has 0 saturated carbocycles. The molecule has 7 aromatic rings. The van der Waals surface area contributed by atoms with E-state index in [1.165, 1.54) is 6.92 Å². The molecule has 0 saturated heterocycles. The number of aliphatic hydroxyl groups excluding tert-OH is 1. The van der Waals surface area contributed by atoms with Gasteiger partial charge in [-0.05, 0) is 79.6 Å². The van der Waals surface area contributed by atoms with Crippen LogP contribution in [-0.4, -0.2) is 140 Å². The summed E-state index contributed by atoms with van der Waals surface area (Å²) < 4.78 is 0. The zero-order valence-electron chi connectivity index (χ0n) is 45.2. The molecule has 0 aliphatic rings. The van der Waals surface area contributed by atoms with Crippen LogP contribution in [0, 0.1) is 0 Å². The van der Waals surface area contributed by atoms with Gasteiger partial charge in [0.15, 0.2) is 0 Å². The molecule has 434 valence electrons. The van der Waals surface area contributed by atoms with E-state index in [0.29, 0.717) is 29.5 Å². The fourth-order valence-corrected chi connectivity index (χ4v) is 10.1. The van der Waals surface area contributed by atoms with Gasteiger partial charge in [0, 0.05) is 82.1 Å². The number of aromatic nitrogens is 3. The molecule has 0 aliphatic heterocycles. The lowest BCUT2D eigenvalue weighted by atomic mass is 10.0. The monoisotopic (exact) mass is 1160 g/mol. The van der Waals surface area contributed by atoms with Gasteiger partial charge in [-0.25, -0.2) is 0 Å². The number of hydrogen-bond donors (Lipinski definition) is 16. The van der Waals surface area contributed by atoms with Gasteiger partial charge in [0.25, 0.3) is 0 Å². The van der Waals surface area contributed by atoms with Crippen LogP contribution in [0.3, 0.4) is 0 Å². The smallest absolute Gasteiger partial charge is 0.245 e. The largest absolute Gasteiger partial charge is 0.391 e. The van der Waals surface area contributed by atoms with E-state index in [-0.39, 0.29) is 50.2 Å². The highest BCUT2D eigenvalue weighted by molar-refractivity contribution is 7.80. The Bertz CT molecular complexity index is 3350. The number of carbonyl (C=O) groups excluding carboxylic acids is 8. The van der Waals surface area contributed by atoms with E-state index in [1.54, 1.807) is 48.9 Å². The lowest BCUT2D eigenvalue weighted by Gasteiger charge is -2.28. The molecule has 3 aromatic heterocycles. The second kappa shape index (κ2) is 29.5. The molecule has 0 aliphatic carbocycles. The van der Waals surface area contributed by atoms with E-state index in [4.69, 9.17) is 17.2 Å². The topological polar surface area (TPSA) is 366 Å². The van der Waals surface area contributed by atoms with Gasteiger partial charge in [-0.15, -0.1) is 0 Å². The molecular formula is C58H71N13O9S2. The van der Waals surface area contributed by atoms with Crippen molar-refractivity contribution in [3.05, 3.63) is 144 Å². The minimum atomic E-state index is -1.68. The van der Waals surface area contributed by atoms with Crippen molar-refractivity contribution in [1.82, 2.24) is 52.2 Å². The van der Waals surface area contributed by atoms with E-state index in [9.17, 15) is 43.5 Å². The number of para-hydroxylation sites is 3. The van der Waals surface area contributed by atoms with Crippen molar-refractivity contribution < 1.29 is 43.5 Å². The van der Waals surface area contributed by atoms with Crippen molar-refractivity contribution in [1.29, 1.82) is 0 Å². The molecule has 82 heavy (non-hydrogen) atoms. The number of nitrogens with two attached hydrogens (primary N) is 3. The Morgan fingerprint density at radius 2 is 0.866 bits per heavy atom. The van der Waals surface area contributed by atoms with Crippen LogP contribution >= 0.6 is 25.3 Å². The van der Waals surface area contributed by atoms with Crippen molar-refractivity contribution in [2.45, 2.75) is 106 Å². The number of H-pyrrole nitrogens is 3. The average Bonchev–Trinajstić information content (AvgIpc) is 4.43. The summed E-state index contributed by atoms with van der Waals surface area (Å²) in [4.78, 5) is 121. The number of amides is 8. The molecule has 24 heteroatoms. The first kappa shape index (κ1) is 61.5. The van der Waals surface area contributed by atoms with Crippen LogP contribution in [0.15, 0.2) is 122 Å². The number of unbranched alkanes of at least 4 members (excludes halogenated alkanes) is 1. The Morgan fingerprint density at radius 3 is 1.34 bits per heavy atom. The SMILES string of the molecule is C[C@@H](O)[C@H](NC(=O)[C@H](CCCCN)NC(=O)[C@@H](Cc1c[nH]c2ccccc12)NC(=O)[C@H](Cc1ccccc1)NC(=O)[C@H](CS)NC(=O)[C@H](N)Cc1c[nH]c2ccccc12)C(=O)N[C@@H](CS)C(=O)N[C@@H](Cc1c[nH]c2ccccc12)C(N)=O. The molecule has 8 amide bonds. The maximum absolute atomic E-state index is 14.8. The third kappa shape index (κ3) is 16.3. The fraction of sp³-hybridized carbons (Fsp3) is 0.345. The quantitative estimate of drug-likeness (QED) is 0.0222. The molecule has 0 radical (unpaired) electrons. The maximum atomic E-state index is 14.8. The summed E-state index contributed by atoms with van der Waals surface area (Å²) in [6.07, 6.45) is 4.41. The van der Waals surface area contributed by atoms with Gasteiger partial charge in [0.1, 0.15) is 42.3 Å². The molecule has 3 heterocycles. The van der Waals surface area contributed by atoms with Crippen molar-refractivity contribution in [2.24, 2.45) is 17.2 Å². The van der Waals surface area contributed by atoms with E-state index in [0.717, 1.165) is 38.3 Å². The van der Waals surface area contributed by atoms with Gasteiger partial charge < -0.3 is 74.5 Å². The first-order valence-corrected chi connectivity index (χ1v) is 28.2. The van der Waals surface area contributed by atoms with Crippen molar-refractivity contribution in [3.8, 4) is 0 Å². The van der Waals surface area contributed by atoms with Crippen molar-refractivity contribution >= 4 is 105 Å². The molecule has 9 atom stereocenters. The number of aromatic amines is 3. The van der Waals surface area contributed by atoms with Gasteiger partial charge in [-0.1, -0.05) is 84.9 Å². The Kier molecular flexibility index (Phi) is 22.1. The second-order valence-corrected chi connectivity index (χ2v) is 20.9. The molecule has 4 aromatic carbocycles. The summed E-state index contributed by atoms with van der Waals surface area (Å²) in [5, 5.41) is 32.0. The number of thiol groups is 2. The summed E-state index contributed by atoms with van der Waals surface area (Å²) in [7, 11) is 0. The Morgan fingerprint density at radius 1 is 0.476 bits per heavy atom. The number of hydrogen-bond acceptors (Lipinski definition) is 13. The zero-order valence-corrected chi connectivity index (χ0v) is 46.9. The van der Waals surface area contributed by atoms with E-state index in [1.807, 2.05) is 72.8 Å². The zero-order chi connectivity index (χ0) is 58.9. The molecule has 0 spiro atoms. The van der Waals surface area contributed by atoms with Gasteiger partial charge in [-0.2, -0.15) is 25.3 Å². The van der Waals surface area contributed by atoms with Crippen molar-refractivity contribution in [3.63, 3.8) is 0 Å². The highest BCUT2D eigenvalue weighted by Crippen LogP contribution is 2.22. The number of nitrogens with one attached hydrogen (secondary N) is 10. The lowest BCUT2D eigenvalue weighted by Crippen LogP contribution is -2.62. The lowest BCUT2D eigenvalue weighted by molar-refractivity contribution is -0.136. The number of aliphatic hydroxyl groups is 1. The van der Waals surface area contributed by atoms with Gasteiger partial charge in [-0.3, -0.25) is 38.4 Å². The predicted molar refractivity (Wildman–Crippen MR) is 319 cm³/mol. The molecule has 17 N–H and O–H groups in total. The standard InChI is InChI=1S/C58H71N13O9S2/c1-32(72)50(58(80)70-49(31-82)56(78)66-45(51(61)73)25-35-28-63-42-19-9-6-16-38(35)42)71-53(75)44(21-11-12-22-59)65-55(77)47(26-36-29-64-43-20-10-7-17-39(36)43)68-54(76)46(23-33-13-3-2-4-14-33)67-57(79)48(30-81)69-52(74)40(60)24-34-27-62-41-18-8-5-15-37(34)41/h2-10,13-20,27-29,32,40,44-50,62-64,72,81-82H,11-12,21-26,30-31,59-60H2,1H3,(H2,61,73)(H,65,77)(H,66,78)(H,67,79)(H,68,76)(H,69,74)(H,70,80)(H,71,75)/t32-,40-,44+,45+,46+,47-,48+,49+,50+/m1/s1. The summed E-state index contributed by atoms with van der Waals surface area (Å²) >= 11 is 8.64. The molecule has 7 rings (SSSR count). The Labute approximate surface area is 484 Å². The van der Waals surface area contributed by atoms with Crippen LogP contribution in [-0.2, 0) is 64.0 Å². The normalized spacial score (nSPS) is 14.7. The first-order valence-electron chi connectivity index (χ1n) is 26.9. The average molecular weight is 1160 g/mol. The van der Waals surface area contributed by atoms with E-state index in [2.05, 4.69) is 77.4 Å². The fourth-order valence-electron chi connectivity index (χ4n) is 9.60. The van der Waals surface area contributed by atoms with Crippen LogP contribution in [0.25, 0.3) is 32.7 Å². The predicted octanol–water partition coefficient (Wildman–Crippen LogP) is 0.977. The Balaban J connectivity index is 1.07. The Hall–Kier alpha value is -8.16. The summed E-state index contributed by atoms with van der Waals surface area (Å²) in [6, 6.07) is 20.4. The molecular weight excluding hydrogens is 1090 g/mol. The van der Waals surface area contributed by atoms with Crippen LogP contribution in [0.1, 0.15) is 48.4 Å². The van der Waals surface area contributed by atoms with Crippen LogP contribution in [0.4, 0.5) is 0 Å². The number of rotatable bonds is 30. The van der Waals surface area contributed by atoms with E-state index >= 15 is 0 Å². The van der Waals surface area contributed by atoms with Crippen molar-refractivity contribution in [2.75, 3.05) is 18.1 Å². The van der Waals surface area contributed by atoms with Crippen LogP contribution in [0.2, 0.25) is 0 Å². The number of carbonyl (C=O) groups is 8. The number of primary amides is 1. The summed E-state index contributed by atoms with van der Waals surface area (Å²) in [6.45, 7) is 1.49. The molecule has 22 nitrogen and oxygen atoms in total. The second-order valence-electron chi connectivity index (χ2n) is 20.1. The maximum Gasteiger partial charge on any atom is 0.245 e. The highest BCUT2D eigenvalue weighted by atomic mass is 32.1. The molecule has 0 bridgehead atoms.